The average Bonchev–Trinajstić information content (AvgIpc) is 3.19. The topological polar surface area (TPSA) is 38.8 Å². The third kappa shape index (κ3) is 3.96. The molecule has 0 aromatic heterocycles. The summed E-state index contributed by atoms with van der Waals surface area (Å²) in [5.41, 5.74) is 1.57. The zero-order chi connectivity index (χ0) is 22.5. The van der Waals surface area contributed by atoms with Crippen molar-refractivity contribution in [2.45, 2.75) is 62.8 Å². The third-order valence-corrected chi connectivity index (χ3v) is 8.05. The van der Waals surface area contributed by atoms with E-state index in [1.54, 1.807) is 20.3 Å². The SMILES string of the molecule is COc1cc2c(cc1OC)C(=O)C(CC1(F)CC3CCC(C1)N3Cc1cccc(Br)c1)C2. The van der Waals surface area contributed by atoms with Crippen LogP contribution in [0.1, 0.15) is 53.6 Å². The van der Waals surface area contributed by atoms with Crippen molar-refractivity contribution in [3.8, 4) is 11.5 Å². The summed E-state index contributed by atoms with van der Waals surface area (Å²) in [6.45, 7) is 0.859. The number of carbonyl (C=O) groups excluding carboxylic acids is 1. The number of nitrogens with zero attached hydrogens (tertiary/aromatic N) is 1. The first-order valence-electron chi connectivity index (χ1n) is 11.4. The van der Waals surface area contributed by atoms with E-state index in [1.165, 1.54) is 5.56 Å². The maximum atomic E-state index is 16.2. The van der Waals surface area contributed by atoms with E-state index in [4.69, 9.17) is 9.47 Å². The van der Waals surface area contributed by atoms with Crippen LogP contribution in [0.15, 0.2) is 40.9 Å². The maximum absolute atomic E-state index is 16.2. The minimum Gasteiger partial charge on any atom is -0.493 e. The lowest BCUT2D eigenvalue weighted by atomic mass is 9.79. The van der Waals surface area contributed by atoms with E-state index in [1.807, 2.05) is 12.1 Å². The second kappa shape index (κ2) is 8.45. The monoisotopic (exact) mass is 501 g/mol. The van der Waals surface area contributed by atoms with Gasteiger partial charge in [0.05, 0.1) is 14.2 Å². The fraction of sp³-hybridized carbons (Fsp3) is 0.500. The number of hydrogen-bond acceptors (Lipinski definition) is 4. The Labute approximate surface area is 197 Å². The zero-order valence-corrected chi connectivity index (χ0v) is 20.2. The van der Waals surface area contributed by atoms with Crippen molar-refractivity contribution < 1.29 is 18.7 Å². The largest absolute Gasteiger partial charge is 0.493 e. The number of ketones is 1. The van der Waals surface area contributed by atoms with Gasteiger partial charge in [0.15, 0.2) is 17.3 Å². The molecule has 170 valence electrons. The Hall–Kier alpha value is -1.92. The second-order valence-electron chi connectivity index (χ2n) is 9.58. The van der Waals surface area contributed by atoms with Crippen LogP contribution in [0.4, 0.5) is 4.39 Å². The second-order valence-corrected chi connectivity index (χ2v) is 10.5. The number of Topliss-reactive ketones (excluding diaryl/α,β-unsaturated/α-hetero) is 1. The number of benzene rings is 2. The molecule has 4 nitrogen and oxygen atoms in total. The van der Waals surface area contributed by atoms with Gasteiger partial charge in [0.1, 0.15) is 5.67 Å². The molecule has 0 radical (unpaired) electrons. The Bertz CT molecular complexity index is 1030. The number of piperidine rings is 1. The molecule has 2 aliphatic heterocycles. The molecule has 0 saturated carbocycles. The smallest absolute Gasteiger partial charge is 0.166 e. The van der Waals surface area contributed by atoms with Crippen LogP contribution >= 0.6 is 15.9 Å². The minimum absolute atomic E-state index is 0.0434. The molecule has 1 aliphatic carbocycles. The molecule has 3 atom stereocenters. The lowest BCUT2D eigenvalue weighted by Gasteiger charge is -2.43. The molecule has 3 unspecified atom stereocenters. The molecule has 32 heavy (non-hydrogen) atoms. The van der Waals surface area contributed by atoms with Crippen LogP contribution < -0.4 is 9.47 Å². The van der Waals surface area contributed by atoms with Gasteiger partial charge in [0.2, 0.25) is 0 Å². The summed E-state index contributed by atoms with van der Waals surface area (Å²) in [5.74, 6) is 0.910. The molecule has 5 rings (SSSR count). The number of carbonyl (C=O) groups is 1. The molecule has 2 aromatic rings. The molecular weight excluding hydrogens is 473 g/mol. The number of rotatable bonds is 6. The van der Waals surface area contributed by atoms with Crippen LogP contribution in [-0.2, 0) is 13.0 Å². The lowest BCUT2D eigenvalue weighted by molar-refractivity contribution is -0.00653. The van der Waals surface area contributed by atoms with Crippen molar-refractivity contribution in [2.75, 3.05) is 14.2 Å². The number of fused-ring (bicyclic) bond motifs is 3. The van der Waals surface area contributed by atoms with E-state index in [-0.39, 0.29) is 23.8 Å². The summed E-state index contributed by atoms with van der Waals surface area (Å²) in [4.78, 5) is 15.6. The Balaban J connectivity index is 1.29. The summed E-state index contributed by atoms with van der Waals surface area (Å²) in [5, 5.41) is 0. The predicted octanol–water partition coefficient (Wildman–Crippen LogP) is 5.75. The van der Waals surface area contributed by atoms with E-state index in [0.29, 0.717) is 42.7 Å². The average molecular weight is 502 g/mol. The van der Waals surface area contributed by atoms with Crippen LogP contribution in [0.3, 0.4) is 0 Å². The summed E-state index contributed by atoms with van der Waals surface area (Å²) < 4.78 is 28.0. The highest BCUT2D eigenvalue weighted by Gasteiger charge is 2.50. The van der Waals surface area contributed by atoms with Gasteiger partial charge >= 0.3 is 0 Å². The number of hydrogen-bond donors (Lipinski definition) is 0. The van der Waals surface area contributed by atoms with Crippen LogP contribution in [0.2, 0.25) is 0 Å². The van der Waals surface area contributed by atoms with Crippen molar-refractivity contribution in [3.05, 3.63) is 57.6 Å². The van der Waals surface area contributed by atoms with Gasteiger partial charge in [-0.25, -0.2) is 4.39 Å². The highest BCUT2D eigenvalue weighted by Crippen LogP contribution is 2.48. The van der Waals surface area contributed by atoms with Gasteiger partial charge in [-0.15, -0.1) is 0 Å². The van der Waals surface area contributed by atoms with Crippen LogP contribution in [0.25, 0.3) is 0 Å². The number of methoxy groups -OCH3 is 2. The first-order valence-corrected chi connectivity index (χ1v) is 12.2. The number of alkyl halides is 1. The Kier molecular flexibility index (Phi) is 5.79. The fourth-order valence-electron chi connectivity index (χ4n) is 6.16. The fourth-order valence-corrected chi connectivity index (χ4v) is 6.60. The molecular formula is C26H29BrFNO3. The van der Waals surface area contributed by atoms with Crippen LogP contribution in [0, 0.1) is 5.92 Å². The molecule has 3 aliphatic rings. The summed E-state index contributed by atoms with van der Waals surface area (Å²) in [6, 6.07) is 12.5. The van der Waals surface area contributed by atoms with Crippen molar-refractivity contribution >= 4 is 21.7 Å². The van der Waals surface area contributed by atoms with Crippen LogP contribution in [-0.4, -0.2) is 42.7 Å². The molecule has 0 spiro atoms. The molecule has 0 amide bonds. The quantitative estimate of drug-likeness (QED) is 0.505. The van der Waals surface area contributed by atoms with Crippen LogP contribution in [0.5, 0.6) is 11.5 Å². The molecule has 2 fully saturated rings. The molecule has 6 heteroatoms. The van der Waals surface area contributed by atoms with E-state index in [9.17, 15) is 4.79 Å². The van der Waals surface area contributed by atoms with Gasteiger partial charge in [0.25, 0.3) is 0 Å². The highest BCUT2D eigenvalue weighted by molar-refractivity contribution is 9.10. The highest BCUT2D eigenvalue weighted by atomic mass is 79.9. The Morgan fingerprint density at radius 2 is 1.78 bits per heavy atom. The zero-order valence-electron chi connectivity index (χ0n) is 18.6. The van der Waals surface area contributed by atoms with Crippen molar-refractivity contribution in [1.82, 2.24) is 4.90 Å². The van der Waals surface area contributed by atoms with Gasteiger partial charge in [0, 0.05) is 34.6 Å². The third-order valence-electron chi connectivity index (χ3n) is 7.55. The molecule has 2 heterocycles. The normalized spacial score (nSPS) is 29.2. The van der Waals surface area contributed by atoms with Gasteiger partial charge in [-0.3, -0.25) is 9.69 Å². The number of ether oxygens (including phenoxy) is 2. The van der Waals surface area contributed by atoms with Gasteiger partial charge in [-0.2, -0.15) is 0 Å². The summed E-state index contributed by atoms with van der Waals surface area (Å²) in [7, 11) is 3.15. The summed E-state index contributed by atoms with van der Waals surface area (Å²) in [6.07, 6.45) is 4.00. The molecule has 2 bridgehead atoms. The lowest BCUT2D eigenvalue weighted by Crippen LogP contribution is -2.49. The van der Waals surface area contributed by atoms with Crippen molar-refractivity contribution in [3.63, 3.8) is 0 Å². The van der Waals surface area contributed by atoms with E-state index < -0.39 is 5.67 Å². The molecule has 0 N–H and O–H groups in total. The number of halogens is 2. The van der Waals surface area contributed by atoms with Gasteiger partial charge in [-0.05, 0) is 73.9 Å². The maximum Gasteiger partial charge on any atom is 0.166 e. The van der Waals surface area contributed by atoms with E-state index in [2.05, 4.69) is 39.0 Å². The first kappa shape index (κ1) is 21.9. The van der Waals surface area contributed by atoms with Crippen molar-refractivity contribution in [1.29, 1.82) is 0 Å². The molecule has 2 saturated heterocycles. The Morgan fingerprint density at radius 3 is 2.44 bits per heavy atom. The van der Waals surface area contributed by atoms with E-state index >= 15 is 4.39 Å². The standard InChI is InChI=1S/C26H29BrFNO3/c1-31-23-10-17-9-18(25(30)22(17)11-24(23)32-2)12-26(28)13-20-6-7-21(14-26)29(20)15-16-4-3-5-19(27)8-16/h3-5,8,10-11,18,20-21H,6-7,9,12-15H2,1-2H3. The summed E-state index contributed by atoms with van der Waals surface area (Å²) >= 11 is 3.55. The van der Waals surface area contributed by atoms with Gasteiger partial charge < -0.3 is 9.47 Å². The predicted molar refractivity (Wildman–Crippen MR) is 125 cm³/mol. The van der Waals surface area contributed by atoms with Crippen molar-refractivity contribution in [2.24, 2.45) is 5.92 Å². The van der Waals surface area contributed by atoms with Gasteiger partial charge in [-0.1, -0.05) is 28.1 Å². The molecule has 2 aromatic carbocycles. The minimum atomic E-state index is -1.28. The van der Waals surface area contributed by atoms with E-state index in [0.717, 1.165) is 29.4 Å². The first-order chi connectivity index (χ1) is 15.4. The Morgan fingerprint density at radius 1 is 1.09 bits per heavy atom.